The predicted octanol–water partition coefficient (Wildman–Crippen LogP) is 1.51. The zero-order valence-electron chi connectivity index (χ0n) is 12.0. The number of aliphatic hydroxyl groups is 1. The first kappa shape index (κ1) is 14.8. The summed E-state index contributed by atoms with van der Waals surface area (Å²) in [6.07, 6.45) is 0.469. The Balaban J connectivity index is 1.85. The number of benzene rings is 1. The highest BCUT2D eigenvalue weighted by molar-refractivity contribution is 5.95. The summed E-state index contributed by atoms with van der Waals surface area (Å²) in [5.74, 6) is 1.06. The summed E-state index contributed by atoms with van der Waals surface area (Å²) in [7, 11) is 0. The number of nitrogens with one attached hydrogen (secondary N) is 2. The minimum atomic E-state index is -0.323. The van der Waals surface area contributed by atoms with Crippen molar-refractivity contribution >= 4 is 11.6 Å². The van der Waals surface area contributed by atoms with Gasteiger partial charge in [0.05, 0.1) is 11.8 Å². The largest absolute Gasteiger partial charge is 0.482 e. The molecule has 110 valence electrons. The molecule has 1 aromatic rings. The van der Waals surface area contributed by atoms with Crippen molar-refractivity contribution in [2.75, 3.05) is 18.5 Å². The van der Waals surface area contributed by atoms with Crippen LogP contribution >= 0.6 is 0 Å². The van der Waals surface area contributed by atoms with Crippen LogP contribution in [0.1, 0.15) is 25.8 Å². The van der Waals surface area contributed by atoms with Gasteiger partial charge < -0.3 is 20.5 Å². The van der Waals surface area contributed by atoms with Crippen molar-refractivity contribution in [3.63, 3.8) is 0 Å². The van der Waals surface area contributed by atoms with Gasteiger partial charge in [-0.05, 0) is 30.0 Å². The standard InChI is InChI=1S/C15H22N2O3/c1-10(2)5-12(18)8-16-7-11-3-4-14-13(6-11)17-15(19)9-20-14/h3-4,6,10,12,16,18H,5,7-9H2,1-2H3,(H,17,19). The smallest absolute Gasteiger partial charge is 0.262 e. The third-order valence-corrected chi connectivity index (χ3v) is 3.13. The second kappa shape index (κ2) is 6.72. The van der Waals surface area contributed by atoms with E-state index in [9.17, 15) is 9.90 Å². The van der Waals surface area contributed by atoms with E-state index in [0.29, 0.717) is 30.4 Å². The highest BCUT2D eigenvalue weighted by atomic mass is 16.5. The molecule has 0 aliphatic carbocycles. The van der Waals surface area contributed by atoms with Gasteiger partial charge in [-0.1, -0.05) is 19.9 Å². The third-order valence-electron chi connectivity index (χ3n) is 3.13. The predicted molar refractivity (Wildman–Crippen MR) is 77.7 cm³/mol. The summed E-state index contributed by atoms with van der Waals surface area (Å²) in [6, 6.07) is 5.71. The highest BCUT2D eigenvalue weighted by Crippen LogP contribution is 2.28. The second-order valence-corrected chi connectivity index (χ2v) is 5.58. The van der Waals surface area contributed by atoms with Crippen molar-refractivity contribution in [1.29, 1.82) is 0 Å². The van der Waals surface area contributed by atoms with Gasteiger partial charge in [0.15, 0.2) is 6.61 Å². The van der Waals surface area contributed by atoms with Crippen LogP contribution in [0.5, 0.6) is 5.75 Å². The molecular weight excluding hydrogens is 256 g/mol. The second-order valence-electron chi connectivity index (χ2n) is 5.58. The molecule has 0 saturated heterocycles. The molecule has 20 heavy (non-hydrogen) atoms. The first-order valence-corrected chi connectivity index (χ1v) is 6.99. The minimum Gasteiger partial charge on any atom is -0.482 e. The highest BCUT2D eigenvalue weighted by Gasteiger charge is 2.15. The molecule has 2 rings (SSSR count). The van der Waals surface area contributed by atoms with E-state index in [2.05, 4.69) is 24.5 Å². The van der Waals surface area contributed by atoms with Gasteiger partial charge in [0.2, 0.25) is 0 Å². The van der Waals surface area contributed by atoms with Crippen LogP contribution < -0.4 is 15.4 Å². The summed E-state index contributed by atoms with van der Waals surface area (Å²) < 4.78 is 5.30. The van der Waals surface area contributed by atoms with Crippen LogP contribution in [0.4, 0.5) is 5.69 Å². The summed E-state index contributed by atoms with van der Waals surface area (Å²) in [5, 5.41) is 15.8. The van der Waals surface area contributed by atoms with E-state index in [4.69, 9.17) is 4.74 Å². The van der Waals surface area contributed by atoms with Crippen molar-refractivity contribution in [3.8, 4) is 5.75 Å². The average Bonchev–Trinajstić information content (AvgIpc) is 2.37. The van der Waals surface area contributed by atoms with Crippen LogP contribution in [0.25, 0.3) is 0 Å². The molecule has 5 heteroatoms. The zero-order valence-corrected chi connectivity index (χ0v) is 12.0. The summed E-state index contributed by atoms with van der Waals surface area (Å²) in [5.41, 5.74) is 1.76. The maximum atomic E-state index is 11.3. The molecule has 3 N–H and O–H groups in total. The van der Waals surface area contributed by atoms with Crippen LogP contribution in [0.15, 0.2) is 18.2 Å². The number of carbonyl (C=O) groups excluding carboxylic acids is 1. The Bertz CT molecular complexity index is 474. The normalized spacial score (nSPS) is 15.5. The van der Waals surface area contributed by atoms with Crippen molar-refractivity contribution < 1.29 is 14.6 Å². The number of hydrogen-bond donors (Lipinski definition) is 3. The number of amides is 1. The topological polar surface area (TPSA) is 70.6 Å². The molecule has 1 unspecified atom stereocenters. The SMILES string of the molecule is CC(C)CC(O)CNCc1ccc2c(c1)NC(=O)CO2. The number of hydrogen-bond acceptors (Lipinski definition) is 4. The fourth-order valence-electron chi connectivity index (χ4n) is 2.25. The number of aliphatic hydroxyl groups excluding tert-OH is 1. The molecular formula is C15H22N2O3. The van der Waals surface area contributed by atoms with Gasteiger partial charge in [0.1, 0.15) is 5.75 Å². The average molecular weight is 278 g/mol. The molecule has 1 aromatic carbocycles. The number of fused-ring (bicyclic) bond motifs is 1. The monoisotopic (exact) mass is 278 g/mol. The third kappa shape index (κ3) is 4.21. The van der Waals surface area contributed by atoms with E-state index in [1.165, 1.54) is 0 Å². The fraction of sp³-hybridized carbons (Fsp3) is 0.533. The number of ether oxygens (including phenoxy) is 1. The summed E-state index contributed by atoms with van der Waals surface area (Å²) in [4.78, 5) is 11.3. The number of carbonyl (C=O) groups is 1. The minimum absolute atomic E-state index is 0.0754. The number of anilines is 1. The van der Waals surface area contributed by atoms with Crippen LogP contribution in [0.2, 0.25) is 0 Å². The summed E-state index contributed by atoms with van der Waals surface area (Å²) >= 11 is 0. The van der Waals surface area contributed by atoms with Crippen molar-refractivity contribution in [1.82, 2.24) is 5.32 Å². The van der Waals surface area contributed by atoms with Gasteiger partial charge in [-0.2, -0.15) is 0 Å². The van der Waals surface area contributed by atoms with Gasteiger partial charge in [-0.25, -0.2) is 0 Å². The van der Waals surface area contributed by atoms with Crippen molar-refractivity contribution in [3.05, 3.63) is 23.8 Å². The Labute approximate surface area is 119 Å². The van der Waals surface area contributed by atoms with Crippen LogP contribution in [-0.4, -0.2) is 30.3 Å². The molecule has 1 aliphatic rings. The maximum Gasteiger partial charge on any atom is 0.262 e. The van der Waals surface area contributed by atoms with E-state index >= 15 is 0 Å². The molecule has 1 amide bonds. The quantitative estimate of drug-likeness (QED) is 0.738. The van der Waals surface area contributed by atoms with Crippen LogP contribution in [0.3, 0.4) is 0 Å². The van der Waals surface area contributed by atoms with Gasteiger partial charge >= 0.3 is 0 Å². The lowest BCUT2D eigenvalue weighted by Gasteiger charge is -2.19. The van der Waals surface area contributed by atoms with Gasteiger partial charge in [-0.15, -0.1) is 0 Å². The summed E-state index contributed by atoms with van der Waals surface area (Å²) in [6.45, 7) is 5.48. The molecule has 1 aliphatic heterocycles. The Morgan fingerprint density at radius 3 is 3.00 bits per heavy atom. The number of rotatable bonds is 6. The Morgan fingerprint density at radius 1 is 1.45 bits per heavy atom. The molecule has 0 spiro atoms. The van der Waals surface area contributed by atoms with E-state index in [1.807, 2.05) is 18.2 Å². The molecule has 0 radical (unpaired) electrons. The molecule has 0 fully saturated rings. The lowest BCUT2D eigenvalue weighted by molar-refractivity contribution is -0.118. The lowest BCUT2D eigenvalue weighted by Crippen LogP contribution is -2.28. The van der Waals surface area contributed by atoms with E-state index in [0.717, 1.165) is 12.0 Å². The Morgan fingerprint density at radius 2 is 2.25 bits per heavy atom. The maximum absolute atomic E-state index is 11.3. The van der Waals surface area contributed by atoms with Crippen LogP contribution in [-0.2, 0) is 11.3 Å². The first-order valence-electron chi connectivity index (χ1n) is 6.99. The molecule has 0 bridgehead atoms. The van der Waals surface area contributed by atoms with Gasteiger partial charge in [0, 0.05) is 13.1 Å². The van der Waals surface area contributed by atoms with E-state index < -0.39 is 0 Å². The van der Waals surface area contributed by atoms with Gasteiger partial charge in [0.25, 0.3) is 5.91 Å². The molecule has 1 heterocycles. The van der Waals surface area contributed by atoms with E-state index in [1.54, 1.807) is 0 Å². The molecule has 5 nitrogen and oxygen atoms in total. The van der Waals surface area contributed by atoms with Crippen LogP contribution in [0, 0.1) is 5.92 Å². The molecule has 0 aromatic heterocycles. The Kier molecular flexibility index (Phi) is 4.98. The lowest BCUT2D eigenvalue weighted by atomic mass is 10.1. The Hall–Kier alpha value is -1.59. The fourth-order valence-corrected chi connectivity index (χ4v) is 2.25. The molecule has 1 atom stereocenters. The first-order chi connectivity index (χ1) is 9.54. The molecule has 0 saturated carbocycles. The van der Waals surface area contributed by atoms with Crippen molar-refractivity contribution in [2.24, 2.45) is 5.92 Å². The van der Waals surface area contributed by atoms with Gasteiger partial charge in [-0.3, -0.25) is 4.79 Å². The zero-order chi connectivity index (χ0) is 14.5. The van der Waals surface area contributed by atoms with E-state index in [-0.39, 0.29) is 18.6 Å². The van der Waals surface area contributed by atoms with Crippen molar-refractivity contribution in [2.45, 2.75) is 32.9 Å².